The van der Waals surface area contributed by atoms with Crippen LogP contribution in [0.2, 0.25) is 0 Å². The van der Waals surface area contributed by atoms with Gasteiger partial charge < -0.3 is 5.11 Å². The van der Waals surface area contributed by atoms with E-state index in [0.29, 0.717) is 12.3 Å². The molecule has 0 aromatic heterocycles. The highest BCUT2D eigenvalue weighted by Gasteiger charge is 2.58. The SMILES string of the molecule is CC1C=CC(O)(CC2CC2(F)F)CC1. The molecule has 2 rings (SSSR count). The van der Waals surface area contributed by atoms with Gasteiger partial charge in [0.15, 0.2) is 0 Å². The monoisotopic (exact) mass is 202 g/mol. The quantitative estimate of drug-likeness (QED) is 0.683. The Balaban J connectivity index is 1.94. The maximum Gasteiger partial charge on any atom is 0.251 e. The molecule has 0 saturated heterocycles. The zero-order chi connectivity index (χ0) is 10.4. The second kappa shape index (κ2) is 3.02. The van der Waals surface area contributed by atoms with Crippen molar-refractivity contribution in [3.63, 3.8) is 0 Å². The van der Waals surface area contributed by atoms with Crippen molar-refractivity contribution >= 4 is 0 Å². The first-order valence-electron chi connectivity index (χ1n) is 5.21. The fraction of sp³-hybridized carbons (Fsp3) is 0.818. The molecule has 80 valence electrons. The molecule has 3 unspecified atom stereocenters. The summed E-state index contributed by atoms with van der Waals surface area (Å²) in [6, 6.07) is 0. The van der Waals surface area contributed by atoms with Crippen LogP contribution in [-0.2, 0) is 0 Å². The Hall–Kier alpha value is -0.440. The minimum Gasteiger partial charge on any atom is -0.386 e. The fourth-order valence-electron chi connectivity index (χ4n) is 2.09. The highest BCUT2D eigenvalue weighted by atomic mass is 19.3. The summed E-state index contributed by atoms with van der Waals surface area (Å²) in [6.07, 6.45) is 5.35. The van der Waals surface area contributed by atoms with Crippen molar-refractivity contribution < 1.29 is 13.9 Å². The summed E-state index contributed by atoms with van der Waals surface area (Å²) in [7, 11) is 0. The van der Waals surface area contributed by atoms with Crippen molar-refractivity contribution in [1.82, 2.24) is 0 Å². The molecular formula is C11H16F2O. The van der Waals surface area contributed by atoms with Crippen LogP contribution < -0.4 is 0 Å². The molecule has 14 heavy (non-hydrogen) atoms. The van der Waals surface area contributed by atoms with Gasteiger partial charge in [-0.05, 0) is 25.2 Å². The predicted octanol–water partition coefficient (Wildman–Crippen LogP) is 2.75. The van der Waals surface area contributed by atoms with Gasteiger partial charge in [0.2, 0.25) is 0 Å². The highest BCUT2D eigenvalue weighted by molar-refractivity contribution is 5.11. The highest BCUT2D eigenvalue weighted by Crippen LogP contribution is 2.53. The number of aliphatic hydroxyl groups is 1. The third-order valence-corrected chi connectivity index (χ3v) is 3.32. The second-order valence-corrected chi connectivity index (χ2v) is 4.84. The van der Waals surface area contributed by atoms with E-state index in [-0.39, 0.29) is 12.8 Å². The van der Waals surface area contributed by atoms with Crippen LogP contribution in [0.4, 0.5) is 8.78 Å². The molecule has 1 N–H and O–H groups in total. The van der Waals surface area contributed by atoms with Gasteiger partial charge in [-0.1, -0.05) is 19.1 Å². The molecule has 0 aromatic rings. The molecule has 0 aromatic carbocycles. The lowest BCUT2D eigenvalue weighted by Gasteiger charge is -2.29. The Labute approximate surface area is 82.8 Å². The fourth-order valence-corrected chi connectivity index (χ4v) is 2.09. The molecule has 1 nitrogen and oxygen atoms in total. The van der Waals surface area contributed by atoms with E-state index in [0.717, 1.165) is 6.42 Å². The van der Waals surface area contributed by atoms with Crippen LogP contribution in [0.25, 0.3) is 0 Å². The molecule has 0 amide bonds. The summed E-state index contributed by atoms with van der Waals surface area (Å²) in [5.74, 6) is -2.63. The minimum atomic E-state index is -2.51. The summed E-state index contributed by atoms with van der Waals surface area (Å²) >= 11 is 0. The number of alkyl halides is 2. The summed E-state index contributed by atoms with van der Waals surface area (Å²) in [4.78, 5) is 0. The summed E-state index contributed by atoms with van der Waals surface area (Å²) in [5.41, 5.74) is -0.961. The number of allylic oxidation sites excluding steroid dienone is 1. The van der Waals surface area contributed by atoms with E-state index in [1.165, 1.54) is 0 Å². The van der Waals surface area contributed by atoms with Crippen LogP contribution in [0.1, 0.15) is 32.6 Å². The van der Waals surface area contributed by atoms with Gasteiger partial charge in [-0.3, -0.25) is 0 Å². The molecular weight excluding hydrogens is 186 g/mol. The number of hydrogen-bond acceptors (Lipinski definition) is 1. The number of rotatable bonds is 2. The Morgan fingerprint density at radius 3 is 2.57 bits per heavy atom. The van der Waals surface area contributed by atoms with Gasteiger partial charge in [0.05, 0.1) is 5.60 Å². The van der Waals surface area contributed by atoms with Gasteiger partial charge in [0.1, 0.15) is 0 Å². The molecule has 0 heterocycles. The molecule has 1 fully saturated rings. The molecule has 3 heteroatoms. The first-order chi connectivity index (χ1) is 6.41. The Morgan fingerprint density at radius 2 is 2.14 bits per heavy atom. The summed E-state index contributed by atoms with van der Waals surface area (Å²) < 4.78 is 25.3. The van der Waals surface area contributed by atoms with E-state index >= 15 is 0 Å². The number of hydrogen-bond donors (Lipinski definition) is 1. The zero-order valence-corrected chi connectivity index (χ0v) is 8.34. The van der Waals surface area contributed by atoms with Crippen molar-refractivity contribution in [3.8, 4) is 0 Å². The lowest BCUT2D eigenvalue weighted by Crippen LogP contribution is -2.30. The maximum absolute atomic E-state index is 12.7. The van der Waals surface area contributed by atoms with Crippen LogP contribution in [0.3, 0.4) is 0 Å². The molecule has 0 bridgehead atoms. The van der Waals surface area contributed by atoms with E-state index in [9.17, 15) is 13.9 Å². The average Bonchev–Trinajstić information content (AvgIpc) is 2.65. The van der Waals surface area contributed by atoms with E-state index in [1.54, 1.807) is 6.08 Å². The van der Waals surface area contributed by atoms with Gasteiger partial charge in [0.25, 0.3) is 5.92 Å². The molecule has 1 saturated carbocycles. The lowest BCUT2D eigenvalue weighted by atomic mass is 9.82. The van der Waals surface area contributed by atoms with Gasteiger partial charge in [0, 0.05) is 12.3 Å². The van der Waals surface area contributed by atoms with Gasteiger partial charge >= 0.3 is 0 Å². The minimum absolute atomic E-state index is 0.0430. The van der Waals surface area contributed by atoms with E-state index < -0.39 is 17.4 Å². The number of halogens is 2. The first kappa shape index (κ1) is 10.1. The molecule has 0 radical (unpaired) electrons. The van der Waals surface area contributed by atoms with Gasteiger partial charge in [-0.15, -0.1) is 0 Å². The molecule has 0 aliphatic heterocycles. The van der Waals surface area contributed by atoms with Crippen LogP contribution in [0.5, 0.6) is 0 Å². The van der Waals surface area contributed by atoms with Crippen molar-refractivity contribution in [3.05, 3.63) is 12.2 Å². The van der Waals surface area contributed by atoms with Crippen LogP contribution >= 0.6 is 0 Å². The maximum atomic E-state index is 12.7. The Morgan fingerprint density at radius 1 is 1.50 bits per heavy atom. The smallest absolute Gasteiger partial charge is 0.251 e. The second-order valence-electron chi connectivity index (χ2n) is 4.84. The Bertz CT molecular complexity index is 262. The van der Waals surface area contributed by atoms with Crippen LogP contribution in [0.15, 0.2) is 12.2 Å². The third kappa shape index (κ3) is 1.97. The summed E-state index contributed by atoms with van der Waals surface area (Å²) in [5, 5.41) is 10.0. The zero-order valence-electron chi connectivity index (χ0n) is 8.34. The van der Waals surface area contributed by atoms with Gasteiger partial charge in [-0.2, -0.15) is 0 Å². The van der Waals surface area contributed by atoms with Crippen molar-refractivity contribution in [1.29, 1.82) is 0 Å². The van der Waals surface area contributed by atoms with Crippen molar-refractivity contribution in [2.75, 3.05) is 0 Å². The molecule has 2 aliphatic rings. The van der Waals surface area contributed by atoms with E-state index in [4.69, 9.17) is 0 Å². The van der Waals surface area contributed by atoms with Crippen LogP contribution in [-0.4, -0.2) is 16.6 Å². The topological polar surface area (TPSA) is 20.2 Å². The van der Waals surface area contributed by atoms with E-state index in [2.05, 4.69) is 6.92 Å². The summed E-state index contributed by atoms with van der Waals surface area (Å²) in [6.45, 7) is 2.07. The molecule has 2 aliphatic carbocycles. The van der Waals surface area contributed by atoms with E-state index in [1.807, 2.05) is 6.08 Å². The predicted molar refractivity (Wildman–Crippen MR) is 50.2 cm³/mol. The largest absolute Gasteiger partial charge is 0.386 e. The first-order valence-corrected chi connectivity index (χ1v) is 5.21. The standard InChI is InChI=1S/C11H16F2O/c1-8-2-4-10(14,5-3-8)6-9-7-11(9,12)13/h2,4,8-9,14H,3,5-7H2,1H3. The van der Waals surface area contributed by atoms with Crippen molar-refractivity contribution in [2.24, 2.45) is 11.8 Å². The average molecular weight is 202 g/mol. The van der Waals surface area contributed by atoms with Crippen LogP contribution in [0, 0.1) is 11.8 Å². The molecule has 3 atom stereocenters. The Kier molecular flexibility index (Phi) is 2.18. The third-order valence-electron chi connectivity index (χ3n) is 3.32. The normalized spacial score (nSPS) is 45.1. The van der Waals surface area contributed by atoms with Gasteiger partial charge in [-0.25, -0.2) is 8.78 Å². The lowest BCUT2D eigenvalue weighted by molar-refractivity contribution is 0.0295. The van der Waals surface area contributed by atoms with Crippen molar-refractivity contribution in [2.45, 2.75) is 44.1 Å². The molecule has 0 spiro atoms.